The molecule has 0 radical (unpaired) electrons. The quantitative estimate of drug-likeness (QED) is 0.794. The molecule has 1 saturated heterocycles. The van der Waals surface area contributed by atoms with Gasteiger partial charge in [0.1, 0.15) is 0 Å². The van der Waals surface area contributed by atoms with Crippen molar-refractivity contribution in [2.24, 2.45) is 0 Å². The lowest BCUT2D eigenvalue weighted by molar-refractivity contribution is 0.00218. The van der Waals surface area contributed by atoms with Gasteiger partial charge in [-0.3, -0.25) is 0 Å². The first-order valence-corrected chi connectivity index (χ1v) is 7.97. The first-order valence-electron chi connectivity index (χ1n) is 7.97. The Labute approximate surface area is 132 Å². The van der Waals surface area contributed by atoms with Gasteiger partial charge in [0.25, 0.3) is 0 Å². The van der Waals surface area contributed by atoms with E-state index in [1.807, 2.05) is 32.0 Å². The summed E-state index contributed by atoms with van der Waals surface area (Å²) in [4.78, 5) is 11.9. The van der Waals surface area contributed by atoms with Gasteiger partial charge in [0.05, 0.1) is 18.8 Å². The molecule has 0 aliphatic carbocycles. The van der Waals surface area contributed by atoms with E-state index in [0.717, 1.165) is 12.8 Å². The maximum Gasteiger partial charge on any atom is 0.315 e. The van der Waals surface area contributed by atoms with Gasteiger partial charge in [0.2, 0.25) is 0 Å². The van der Waals surface area contributed by atoms with Crippen molar-refractivity contribution >= 4 is 6.03 Å². The summed E-state index contributed by atoms with van der Waals surface area (Å²) in [6.45, 7) is 5.68. The smallest absolute Gasteiger partial charge is 0.315 e. The van der Waals surface area contributed by atoms with Crippen LogP contribution < -0.4 is 10.6 Å². The van der Waals surface area contributed by atoms with Crippen molar-refractivity contribution in [3.63, 3.8) is 0 Å². The van der Waals surface area contributed by atoms with Crippen molar-refractivity contribution in [3.05, 3.63) is 35.9 Å². The Morgan fingerprint density at radius 1 is 1.36 bits per heavy atom. The van der Waals surface area contributed by atoms with Gasteiger partial charge in [-0.1, -0.05) is 30.3 Å². The number of hydrogen-bond acceptors (Lipinski definition) is 3. The van der Waals surface area contributed by atoms with Gasteiger partial charge in [-0.15, -0.1) is 0 Å². The number of hydrogen-bond donors (Lipinski definition) is 2. The molecule has 0 aromatic heterocycles. The average Bonchev–Trinajstić information content (AvgIpc) is 2.52. The summed E-state index contributed by atoms with van der Waals surface area (Å²) in [6.07, 6.45) is 1.90. The first-order chi connectivity index (χ1) is 10.6. The largest absolute Gasteiger partial charge is 0.377 e. The van der Waals surface area contributed by atoms with E-state index in [9.17, 15) is 4.79 Å². The Morgan fingerprint density at radius 3 is 2.86 bits per heavy atom. The fraction of sp³-hybridized carbons (Fsp3) is 0.588. The van der Waals surface area contributed by atoms with E-state index >= 15 is 0 Å². The molecule has 5 nitrogen and oxygen atoms in total. The summed E-state index contributed by atoms with van der Waals surface area (Å²) in [6, 6.07) is 10.2. The minimum Gasteiger partial charge on any atom is -0.377 e. The number of ether oxygens (including phenoxy) is 2. The van der Waals surface area contributed by atoms with Crippen LogP contribution in [-0.4, -0.2) is 37.9 Å². The van der Waals surface area contributed by atoms with Crippen molar-refractivity contribution in [2.75, 3.05) is 19.8 Å². The minimum absolute atomic E-state index is 0.0597. The Hall–Kier alpha value is -1.59. The summed E-state index contributed by atoms with van der Waals surface area (Å²) in [5, 5.41) is 5.85. The highest BCUT2D eigenvalue weighted by Crippen LogP contribution is 2.27. The Balaban J connectivity index is 1.72. The Bertz CT molecular complexity index is 450. The SMILES string of the molecule is CC(C)OCCNC(=O)N[C@@H]1CCO[C@H](c2ccccc2)C1. The third kappa shape index (κ3) is 5.66. The molecule has 2 N–H and O–H groups in total. The predicted octanol–water partition coefficient (Wildman–Crippen LogP) is 2.63. The molecule has 0 saturated carbocycles. The molecule has 2 atom stereocenters. The number of nitrogens with one attached hydrogen (secondary N) is 2. The zero-order chi connectivity index (χ0) is 15.8. The molecule has 1 aliphatic rings. The van der Waals surface area contributed by atoms with Crippen LogP contribution in [0.15, 0.2) is 30.3 Å². The second kappa shape index (κ2) is 8.76. The second-order valence-corrected chi connectivity index (χ2v) is 5.81. The summed E-state index contributed by atoms with van der Waals surface area (Å²) in [5.74, 6) is 0. The van der Waals surface area contributed by atoms with Crippen LogP contribution in [0.4, 0.5) is 4.79 Å². The molecule has 0 bridgehead atoms. The molecule has 1 aromatic rings. The molecular formula is C17H26N2O3. The van der Waals surface area contributed by atoms with Crippen LogP contribution in [0.1, 0.15) is 38.4 Å². The average molecular weight is 306 g/mol. The van der Waals surface area contributed by atoms with E-state index in [4.69, 9.17) is 9.47 Å². The molecule has 2 amide bonds. The second-order valence-electron chi connectivity index (χ2n) is 5.81. The summed E-state index contributed by atoms with van der Waals surface area (Å²) in [5.41, 5.74) is 1.17. The lowest BCUT2D eigenvalue weighted by atomic mass is 9.97. The Kier molecular flexibility index (Phi) is 6.68. The molecule has 1 fully saturated rings. The molecule has 0 spiro atoms. The number of carbonyl (C=O) groups excluding carboxylic acids is 1. The van der Waals surface area contributed by atoms with E-state index in [2.05, 4.69) is 22.8 Å². The topological polar surface area (TPSA) is 59.6 Å². The molecule has 1 heterocycles. The maximum atomic E-state index is 11.9. The molecule has 0 unspecified atom stereocenters. The standard InChI is InChI=1S/C17H26N2O3/c1-13(2)21-11-9-18-17(20)19-15-8-10-22-16(12-15)14-6-4-3-5-7-14/h3-7,13,15-16H,8-12H2,1-2H3,(H2,18,19,20)/t15-,16+/m1/s1. The maximum absolute atomic E-state index is 11.9. The summed E-state index contributed by atoms with van der Waals surface area (Å²) >= 11 is 0. The third-order valence-corrected chi connectivity index (χ3v) is 3.63. The highest BCUT2D eigenvalue weighted by molar-refractivity contribution is 5.74. The number of rotatable bonds is 6. The van der Waals surface area contributed by atoms with E-state index in [0.29, 0.717) is 19.8 Å². The van der Waals surface area contributed by atoms with Crippen molar-refractivity contribution in [3.8, 4) is 0 Å². The monoisotopic (exact) mass is 306 g/mol. The third-order valence-electron chi connectivity index (χ3n) is 3.63. The van der Waals surface area contributed by atoms with Gasteiger partial charge in [0, 0.05) is 19.2 Å². The van der Waals surface area contributed by atoms with Crippen LogP contribution in [0.3, 0.4) is 0 Å². The lowest BCUT2D eigenvalue weighted by Gasteiger charge is -2.30. The van der Waals surface area contributed by atoms with Crippen LogP contribution in [0, 0.1) is 0 Å². The lowest BCUT2D eigenvalue weighted by Crippen LogP contribution is -2.45. The highest BCUT2D eigenvalue weighted by Gasteiger charge is 2.24. The zero-order valence-electron chi connectivity index (χ0n) is 13.4. The van der Waals surface area contributed by atoms with Gasteiger partial charge < -0.3 is 20.1 Å². The summed E-state index contributed by atoms with van der Waals surface area (Å²) in [7, 11) is 0. The van der Waals surface area contributed by atoms with Crippen molar-refractivity contribution in [1.29, 1.82) is 0 Å². The highest BCUT2D eigenvalue weighted by atomic mass is 16.5. The van der Waals surface area contributed by atoms with Crippen molar-refractivity contribution in [1.82, 2.24) is 10.6 Å². The zero-order valence-corrected chi connectivity index (χ0v) is 13.4. The van der Waals surface area contributed by atoms with Crippen LogP contribution >= 0.6 is 0 Å². The fourth-order valence-corrected chi connectivity index (χ4v) is 2.52. The van der Waals surface area contributed by atoms with E-state index in [1.54, 1.807) is 0 Å². The fourth-order valence-electron chi connectivity index (χ4n) is 2.52. The minimum atomic E-state index is -0.133. The van der Waals surface area contributed by atoms with E-state index in [1.165, 1.54) is 5.56 Å². The number of amides is 2. The number of urea groups is 1. The van der Waals surface area contributed by atoms with Crippen LogP contribution in [0.25, 0.3) is 0 Å². The molecule has 5 heteroatoms. The Morgan fingerprint density at radius 2 is 2.14 bits per heavy atom. The number of carbonyl (C=O) groups is 1. The van der Waals surface area contributed by atoms with Crippen molar-refractivity contribution in [2.45, 2.75) is 44.9 Å². The van der Waals surface area contributed by atoms with E-state index < -0.39 is 0 Å². The van der Waals surface area contributed by atoms with Gasteiger partial charge in [-0.25, -0.2) is 4.79 Å². The van der Waals surface area contributed by atoms with Gasteiger partial charge in [0.15, 0.2) is 0 Å². The predicted molar refractivity (Wildman–Crippen MR) is 85.8 cm³/mol. The first kappa shape index (κ1) is 16.8. The number of benzene rings is 1. The van der Waals surface area contributed by atoms with E-state index in [-0.39, 0.29) is 24.3 Å². The normalized spacial score (nSPS) is 21.6. The molecule has 1 aliphatic heterocycles. The molecule has 122 valence electrons. The molecular weight excluding hydrogens is 280 g/mol. The molecule has 22 heavy (non-hydrogen) atoms. The van der Waals surface area contributed by atoms with Crippen LogP contribution in [0.5, 0.6) is 0 Å². The van der Waals surface area contributed by atoms with Crippen molar-refractivity contribution < 1.29 is 14.3 Å². The molecule has 2 rings (SSSR count). The van der Waals surface area contributed by atoms with Gasteiger partial charge in [-0.2, -0.15) is 0 Å². The summed E-state index contributed by atoms with van der Waals surface area (Å²) < 4.78 is 11.2. The van der Waals surface area contributed by atoms with Crippen LogP contribution in [-0.2, 0) is 9.47 Å². The molecule has 1 aromatic carbocycles. The van der Waals surface area contributed by atoms with Gasteiger partial charge in [-0.05, 0) is 32.3 Å². The van der Waals surface area contributed by atoms with Gasteiger partial charge >= 0.3 is 6.03 Å². The van der Waals surface area contributed by atoms with Crippen LogP contribution in [0.2, 0.25) is 0 Å².